The highest BCUT2D eigenvalue weighted by molar-refractivity contribution is 6.30. The van der Waals surface area contributed by atoms with Crippen molar-refractivity contribution in [1.82, 2.24) is 19.8 Å². The molecule has 12 heteroatoms. The molecule has 2 aromatic heterocycles. The summed E-state index contributed by atoms with van der Waals surface area (Å²) in [5, 5.41) is 13.8. The maximum absolute atomic E-state index is 13.5. The zero-order chi connectivity index (χ0) is 29.1. The minimum Gasteiger partial charge on any atom is -0.404 e. The highest BCUT2D eigenvalue weighted by atomic mass is 35.5. The number of nitrogens with one attached hydrogen (secondary N) is 1. The third-order valence-electron chi connectivity index (χ3n) is 6.66. The Labute approximate surface area is 243 Å². The van der Waals surface area contributed by atoms with E-state index in [0.717, 1.165) is 17.2 Å². The van der Waals surface area contributed by atoms with Gasteiger partial charge in [0.1, 0.15) is 17.0 Å². The van der Waals surface area contributed by atoms with Gasteiger partial charge in [0, 0.05) is 61.0 Å². The van der Waals surface area contributed by atoms with Crippen LogP contribution in [0.4, 0.5) is 18.0 Å². The molecule has 0 aliphatic carbocycles. The molecule has 41 heavy (non-hydrogen) atoms. The number of carbonyl (C=O) groups is 1. The first kappa shape index (κ1) is 28.5. The van der Waals surface area contributed by atoms with Gasteiger partial charge in [0.25, 0.3) is 0 Å². The molecule has 1 aliphatic rings. The summed E-state index contributed by atoms with van der Waals surface area (Å²) in [5.41, 5.74) is 3.07. The lowest BCUT2D eigenvalue weighted by atomic mass is 10.0. The van der Waals surface area contributed by atoms with Crippen molar-refractivity contribution in [3.63, 3.8) is 0 Å². The van der Waals surface area contributed by atoms with E-state index in [4.69, 9.17) is 23.2 Å². The van der Waals surface area contributed by atoms with E-state index in [2.05, 4.69) is 19.9 Å². The van der Waals surface area contributed by atoms with Gasteiger partial charge in [-0.3, -0.25) is 9.47 Å². The van der Waals surface area contributed by atoms with Crippen molar-refractivity contribution >= 4 is 46.2 Å². The first-order chi connectivity index (χ1) is 19.6. The number of nitriles is 1. The number of nitrogens with zero attached hydrogens (tertiary/aromatic N) is 4. The van der Waals surface area contributed by atoms with Crippen molar-refractivity contribution < 1.29 is 22.7 Å². The van der Waals surface area contributed by atoms with Crippen molar-refractivity contribution in [2.75, 3.05) is 13.1 Å². The number of fused-ring (bicyclic) bond motifs is 3. The summed E-state index contributed by atoms with van der Waals surface area (Å²) >= 11 is 11.9. The second-order valence-electron chi connectivity index (χ2n) is 9.37. The molecule has 5 rings (SSSR count). The van der Waals surface area contributed by atoms with E-state index in [1.54, 1.807) is 30.3 Å². The van der Waals surface area contributed by atoms with Gasteiger partial charge < -0.3 is 10.1 Å². The fraction of sp³-hybridized carbons (Fsp3) is 0.207. The Morgan fingerprint density at radius 2 is 1.95 bits per heavy atom. The molecule has 4 aromatic rings. The Morgan fingerprint density at radius 3 is 2.66 bits per heavy atom. The maximum Gasteiger partial charge on any atom is 0.573 e. The van der Waals surface area contributed by atoms with Gasteiger partial charge >= 0.3 is 12.4 Å². The highest BCUT2D eigenvalue weighted by Crippen LogP contribution is 2.37. The van der Waals surface area contributed by atoms with Crippen molar-refractivity contribution in [2.45, 2.75) is 25.9 Å². The SMILES string of the molecule is N#Cc1cc2c3c(n(C(=O)NCc4ccnc(Cl)c4)c2cc1OC(F)(F)F)CCN(C/C=C/c1ccc(Cl)cc1)C3. The first-order valence-electron chi connectivity index (χ1n) is 12.5. The Morgan fingerprint density at radius 1 is 1.17 bits per heavy atom. The Hall–Kier alpha value is -4.04. The third kappa shape index (κ3) is 6.65. The van der Waals surface area contributed by atoms with E-state index in [1.165, 1.54) is 16.8 Å². The third-order valence-corrected chi connectivity index (χ3v) is 7.12. The minimum atomic E-state index is -5.01. The van der Waals surface area contributed by atoms with Gasteiger partial charge in [-0.15, -0.1) is 13.2 Å². The molecular weight excluding hydrogens is 578 g/mol. The van der Waals surface area contributed by atoms with Crippen LogP contribution in [-0.2, 0) is 19.5 Å². The number of hydrogen-bond donors (Lipinski definition) is 1. The minimum absolute atomic E-state index is 0.124. The van der Waals surface area contributed by atoms with Crippen molar-refractivity contribution in [2.24, 2.45) is 0 Å². The lowest BCUT2D eigenvalue weighted by Crippen LogP contribution is -2.34. The quantitative estimate of drug-likeness (QED) is 0.243. The number of carbonyl (C=O) groups excluding carboxylic acids is 1. The van der Waals surface area contributed by atoms with E-state index in [9.17, 15) is 23.2 Å². The second kappa shape index (κ2) is 11.8. The van der Waals surface area contributed by atoms with E-state index in [0.29, 0.717) is 47.7 Å². The molecule has 0 unspecified atom stereocenters. The number of benzene rings is 2. The summed E-state index contributed by atoms with van der Waals surface area (Å²) in [6.07, 6.45) is 0.951. The molecule has 7 nitrogen and oxygen atoms in total. The van der Waals surface area contributed by atoms with Crippen LogP contribution in [0.3, 0.4) is 0 Å². The lowest BCUT2D eigenvalue weighted by Gasteiger charge is -2.27. The number of hydrogen-bond acceptors (Lipinski definition) is 5. The molecule has 0 spiro atoms. The predicted molar refractivity (Wildman–Crippen MR) is 150 cm³/mol. The van der Waals surface area contributed by atoms with Crippen molar-refractivity contribution in [1.29, 1.82) is 5.26 Å². The van der Waals surface area contributed by atoms with Gasteiger partial charge in [-0.05, 0) is 47.0 Å². The Bertz CT molecular complexity index is 1680. The van der Waals surface area contributed by atoms with Crippen molar-refractivity contribution in [3.05, 3.63) is 98.9 Å². The summed E-state index contributed by atoms with van der Waals surface area (Å²) in [4.78, 5) is 19.6. The molecule has 1 N–H and O–H groups in total. The van der Waals surface area contributed by atoms with Gasteiger partial charge in [0.15, 0.2) is 0 Å². The van der Waals surface area contributed by atoms with Crippen LogP contribution in [-0.4, -0.2) is 39.9 Å². The molecule has 2 aromatic carbocycles. The predicted octanol–water partition coefficient (Wildman–Crippen LogP) is 6.94. The summed E-state index contributed by atoms with van der Waals surface area (Å²) in [5.74, 6) is -0.667. The summed E-state index contributed by atoms with van der Waals surface area (Å²) in [7, 11) is 0. The van der Waals surface area contributed by atoms with E-state index < -0.39 is 18.1 Å². The number of amides is 1. The number of ether oxygens (including phenoxy) is 1. The van der Waals surface area contributed by atoms with E-state index in [1.807, 2.05) is 24.3 Å². The van der Waals surface area contributed by atoms with Crippen LogP contribution in [0, 0.1) is 11.3 Å². The maximum atomic E-state index is 13.5. The number of aromatic nitrogens is 2. The molecule has 0 bridgehead atoms. The fourth-order valence-electron chi connectivity index (χ4n) is 4.84. The molecular formula is C29H22Cl2F3N5O2. The number of alkyl halides is 3. The zero-order valence-corrected chi connectivity index (χ0v) is 22.9. The number of rotatable bonds is 6. The van der Waals surface area contributed by atoms with E-state index >= 15 is 0 Å². The average molecular weight is 600 g/mol. The normalized spacial score (nSPS) is 13.8. The molecule has 0 saturated heterocycles. The Kier molecular flexibility index (Phi) is 8.22. The molecule has 0 saturated carbocycles. The van der Waals surface area contributed by atoms with Crippen LogP contribution in [0.25, 0.3) is 17.0 Å². The van der Waals surface area contributed by atoms with Crippen LogP contribution in [0.15, 0.2) is 60.8 Å². The highest BCUT2D eigenvalue weighted by Gasteiger charge is 2.34. The number of halogens is 5. The monoisotopic (exact) mass is 599 g/mol. The smallest absolute Gasteiger partial charge is 0.404 e. The molecule has 0 atom stereocenters. The summed E-state index contributed by atoms with van der Waals surface area (Å²) in [6, 6.07) is 14.4. The molecule has 1 aliphatic heterocycles. The second-order valence-corrected chi connectivity index (χ2v) is 10.2. The van der Waals surface area contributed by atoms with Gasteiger partial charge in [-0.25, -0.2) is 9.78 Å². The van der Waals surface area contributed by atoms with E-state index in [-0.39, 0.29) is 22.8 Å². The number of pyridine rings is 1. The standard InChI is InChI=1S/C29H22Cl2F3N5O2/c30-21-5-3-18(4-6-21)2-1-10-38-11-8-24-23(17-38)22-13-20(15-35)26(41-29(32,33)34)14-25(22)39(24)28(40)37-16-19-7-9-36-27(31)12-19/h1-7,9,12-14H,8,10-11,16-17H2,(H,37,40)/b2-1+. The molecule has 210 valence electrons. The largest absolute Gasteiger partial charge is 0.573 e. The average Bonchev–Trinajstić information content (AvgIpc) is 3.24. The lowest BCUT2D eigenvalue weighted by molar-refractivity contribution is -0.274. The summed E-state index contributed by atoms with van der Waals surface area (Å²) < 4.78 is 45.0. The molecule has 3 heterocycles. The van der Waals surface area contributed by atoms with Crippen LogP contribution in [0.5, 0.6) is 5.75 Å². The van der Waals surface area contributed by atoms with Gasteiger partial charge in [-0.1, -0.05) is 47.5 Å². The van der Waals surface area contributed by atoms with Crippen LogP contribution in [0.2, 0.25) is 10.2 Å². The van der Waals surface area contributed by atoms with Gasteiger partial charge in [0.05, 0.1) is 11.1 Å². The van der Waals surface area contributed by atoms with Gasteiger partial charge in [0.2, 0.25) is 0 Å². The molecule has 0 fully saturated rings. The first-order valence-corrected chi connectivity index (χ1v) is 13.3. The topological polar surface area (TPSA) is 83.2 Å². The zero-order valence-electron chi connectivity index (χ0n) is 21.4. The van der Waals surface area contributed by atoms with Crippen LogP contribution >= 0.6 is 23.2 Å². The molecule has 0 radical (unpaired) electrons. The van der Waals surface area contributed by atoms with Gasteiger partial charge in [-0.2, -0.15) is 5.26 Å². The fourth-order valence-corrected chi connectivity index (χ4v) is 5.17. The summed E-state index contributed by atoms with van der Waals surface area (Å²) in [6.45, 7) is 1.77. The van der Waals surface area contributed by atoms with Crippen LogP contribution in [0.1, 0.15) is 27.9 Å². The van der Waals surface area contributed by atoms with Crippen molar-refractivity contribution in [3.8, 4) is 11.8 Å². The Balaban J connectivity index is 1.48. The van der Waals surface area contributed by atoms with Crippen LogP contribution < -0.4 is 10.1 Å². The molecule has 1 amide bonds.